The third-order valence-corrected chi connectivity index (χ3v) is 2.46. The number of carbonyl (C=O) groups is 2. The molecule has 1 amide bonds. The summed E-state index contributed by atoms with van der Waals surface area (Å²) < 4.78 is 1.68. The van der Waals surface area contributed by atoms with Gasteiger partial charge in [0.2, 0.25) is 0 Å². The van der Waals surface area contributed by atoms with E-state index in [0.29, 0.717) is 18.7 Å². The molecule has 6 heteroatoms. The molecule has 100 valence electrons. The average Bonchev–Trinajstić information content (AvgIpc) is 2.76. The second-order valence-corrected chi connectivity index (χ2v) is 4.40. The number of aromatic nitrogens is 2. The molecule has 0 bridgehead atoms. The van der Waals surface area contributed by atoms with Crippen LogP contribution in [0, 0.1) is 0 Å². The number of nitrogens with zero attached hydrogens (tertiary/aromatic N) is 3. The Bertz CT molecular complexity index is 426. The second-order valence-electron chi connectivity index (χ2n) is 4.40. The van der Waals surface area contributed by atoms with E-state index in [2.05, 4.69) is 5.10 Å². The van der Waals surface area contributed by atoms with Gasteiger partial charge < -0.3 is 10.0 Å². The third kappa shape index (κ3) is 3.58. The van der Waals surface area contributed by atoms with Gasteiger partial charge in [0.25, 0.3) is 5.91 Å². The Labute approximate surface area is 106 Å². The summed E-state index contributed by atoms with van der Waals surface area (Å²) >= 11 is 0. The lowest BCUT2D eigenvalue weighted by Crippen LogP contribution is -2.36. The van der Waals surface area contributed by atoms with Gasteiger partial charge in [-0.2, -0.15) is 5.10 Å². The lowest BCUT2D eigenvalue weighted by Gasteiger charge is -2.18. The molecule has 0 radical (unpaired) electrons. The molecule has 0 fully saturated rings. The van der Waals surface area contributed by atoms with E-state index in [-0.39, 0.29) is 18.5 Å². The van der Waals surface area contributed by atoms with E-state index in [4.69, 9.17) is 5.11 Å². The molecule has 0 aliphatic carbocycles. The van der Waals surface area contributed by atoms with Gasteiger partial charge in [0, 0.05) is 18.8 Å². The number of hydrogen-bond acceptors (Lipinski definition) is 3. The van der Waals surface area contributed by atoms with Crippen molar-refractivity contribution in [1.82, 2.24) is 14.7 Å². The minimum Gasteiger partial charge on any atom is -0.480 e. The third-order valence-electron chi connectivity index (χ3n) is 2.46. The predicted molar refractivity (Wildman–Crippen MR) is 66.4 cm³/mol. The summed E-state index contributed by atoms with van der Waals surface area (Å²) in [6, 6.07) is 1.79. The summed E-state index contributed by atoms with van der Waals surface area (Å²) in [6.45, 7) is 5.94. The lowest BCUT2D eigenvalue weighted by molar-refractivity contribution is -0.137. The van der Waals surface area contributed by atoms with Crippen molar-refractivity contribution in [3.8, 4) is 0 Å². The van der Waals surface area contributed by atoms with Crippen molar-refractivity contribution < 1.29 is 14.7 Å². The summed E-state index contributed by atoms with van der Waals surface area (Å²) in [6.07, 6.45) is 2.44. The molecule has 0 aliphatic rings. The van der Waals surface area contributed by atoms with E-state index in [0.717, 1.165) is 0 Å². The highest BCUT2D eigenvalue weighted by molar-refractivity contribution is 5.94. The van der Waals surface area contributed by atoms with Crippen molar-refractivity contribution in [2.45, 2.75) is 33.2 Å². The fraction of sp³-hybridized carbons (Fsp3) is 0.583. The standard InChI is InChI=1S/C12H19N3O3/c1-4-6-14(8-11(16)17)12(18)10-5-7-15(13-10)9(2)3/h5,7,9H,4,6,8H2,1-3H3,(H,16,17). The molecule has 0 saturated carbocycles. The maximum atomic E-state index is 12.1. The zero-order chi connectivity index (χ0) is 13.7. The second kappa shape index (κ2) is 6.18. The molecule has 0 unspecified atom stereocenters. The number of amides is 1. The van der Waals surface area contributed by atoms with Gasteiger partial charge in [-0.25, -0.2) is 0 Å². The van der Waals surface area contributed by atoms with Crippen LogP contribution in [-0.2, 0) is 4.79 Å². The first-order valence-electron chi connectivity index (χ1n) is 6.02. The van der Waals surface area contributed by atoms with E-state index < -0.39 is 5.97 Å². The van der Waals surface area contributed by atoms with Crippen molar-refractivity contribution in [1.29, 1.82) is 0 Å². The Morgan fingerprint density at radius 3 is 2.61 bits per heavy atom. The summed E-state index contributed by atoms with van der Waals surface area (Å²) in [4.78, 5) is 24.1. The molecule has 18 heavy (non-hydrogen) atoms. The summed E-state index contributed by atoms with van der Waals surface area (Å²) in [5.74, 6) is -1.35. The molecule has 1 heterocycles. The molecule has 1 aromatic rings. The Morgan fingerprint density at radius 2 is 2.17 bits per heavy atom. The van der Waals surface area contributed by atoms with Crippen LogP contribution in [0.15, 0.2) is 12.3 Å². The summed E-state index contributed by atoms with van der Waals surface area (Å²) in [5, 5.41) is 12.9. The maximum absolute atomic E-state index is 12.1. The fourth-order valence-electron chi connectivity index (χ4n) is 1.59. The van der Waals surface area contributed by atoms with Gasteiger partial charge in [-0.15, -0.1) is 0 Å². The predicted octanol–water partition coefficient (Wildman–Crippen LogP) is 1.40. The van der Waals surface area contributed by atoms with Gasteiger partial charge in [-0.05, 0) is 26.3 Å². The van der Waals surface area contributed by atoms with Crippen molar-refractivity contribution in [2.75, 3.05) is 13.1 Å². The minimum atomic E-state index is -1.01. The Kier molecular flexibility index (Phi) is 4.88. The van der Waals surface area contributed by atoms with Crippen LogP contribution in [0.2, 0.25) is 0 Å². The first kappa shape index (κ1) is 14.2. The van der Waals surface area contributed by atoms with E-state index in [1.807, 2.05) is 20.8 Å². The first-order chi connectivity index (χ1) is 8.45. The molecular weight excluding hydrogens is 234 g/mol. The molecule has 1 rings (SSSR count). The van der Waals surface area contributed by atoms with Crippen LogP contribution < -0.4 is 0 Å². The summed E-state index contributed by atoms with van der Waals surface area (Å²) in [7, 11) is 0. The molecule has 6 nitrogen and oxygen atoms in total. The van der Waals surface area contributed by atoms with Crippen molar-refractivity contribution in [3.63, 3.8) is 0 Å². The number of carbonyl (C=O) groups excluding carboxylic acids is 1. The van der Waals surface area contributed by atoms with Gasteiger partial charge in [-0.1, -0.05) is 6.92 Å². The molecule has 0 saturated heterocycles. The van der Waals surface area contributed by atoms with Gasteiger partial charge in [0.05, 0.1) is 0 Å². The zero-order valence-corrected chi connectivity index (χ0v) is 11.0. The average molecular weight is 253 g/mol. The molecule has 0 spiro atoms. The number of rotatable bonds is 6. The fourth-order valence-corrected chi connectivity index (χ4v) is 1.59. The highest BCUT2D eigenvalue weighted by Crippen LogP contribution is 2.07. The van der Waals surface area contributed by atoms with Gasteiger partial charge in [0.15, 0.2) is 0 Å². The van der Waals surface area contributed by atoms with Crippen LogP contribution in [0.25, 0.3) is 0 Å². The Balaban J connectivity index is 2.83. The molecule has 1 N–H and O–H groups in total. The lowest BCUT2D eigenvalue weighted by atomic mass is 10.3. The van der Waals surface area contributed by atoms with Gasteiger partial charge in [-0.3, -0.25) is 14.3 Å². The molecule has 0 aromatic carbocycles. The normalized spacial score (nSPS) is 10.7. The minimum absolute atomic E-state index is 0.172. The van der Waals surface area contributed by atoms with Crippen molar-refractivity contribution in [3.05, 3.63) is 18.0 Å². The van der Waals surface area contributed by atoms with E-state index in [1.54, 1.807) is 16.9 Å². The monoisotopic (exact) mass is 253 g/mol. The van der Waals surface area contributed by atoms with Crippen LogP contribution in [0.5, 0.6) is 0 Å². The van der Waals surface area contributed by atoms with Crippen LogP contribution in [0.3, 0.4) is 0 Å². The Morgan fingerprint density at radius 1 is 1.50 bits per heavy atom. The van der Waals surface area contributed by atoms with Crippen LogP contribution in [0.1, 0.15) is 43.7 Å². The van der Waals surface area contributed by atoms with Gasteiger partial charge >= 0.3 is 5.97 Å². The quantitative estimate of drug-likeness (QED) is 0.831. The van der Waals surface area contributed by atoms with Crippen LogP contribution in [-0.4, -0.2) is 44.8 Å². The number of hydrogen-bond donors (Lipinski definition) is 1. The molecule has 0 aliphatic heterocycles. The molecular formula is C12H19N3O3. The highest BCUT2D eigenvalue weighted by atomic mass is 16.4. The maximum Gasteiger partial charge on any atom is 0.323 e. The first-order valence-corrected chi connectivity index (χ1v) is 6.02. The molecule has 0 atom stereocenters. The zero-order valence-electron chi connectivity index (χ0n) is 11.0. The van der Waals surface area contributed by atoms with Crippen molar-refractivity contribution >= 4 is 11.9 Å². The van der Waals surface area contributed by atoms with Gasteiger partial charge in [0.1, 0.15) is 12.2 Å². The largest absolute Gasteiger partial charge is 0.480 e. The number of aliphatic carboxylic acids is 1. The summed E-state index contributed by atoms with van der Waals surface area (Å²) in [5.41, 5.74) is 0.290. The van der Waals surface area contributed by atoms with E-state index in [1.165, 1.54) is 4.90 Å². The SMILES string of the molecule is CCCN(CC(=O)O)C(=O)c1ccn(C(C)C)n1. The smallest absolute Gasteiger partial charge is 0.323 e. The van der Waals surface area contributed by atoms with Crippen molar-refractivity contribution in [2.24, 2.45) is 0 Å². The topological polar surface area (TPSA) is 75.4 Å². The highest BCUT2D eigenvalue weighted by Gasteiger charge is 2.20. The number of carboxylic acid groups (broad SMARTS) is 1. The van der Waals surface area contributed by atoms with Crippen LogP contribution in [0.4, 0.5) is 0 Å². The van der Waals surface area contributed by atoms with Crippen LogP contribution >= 0.6 is 0 Å². The molecule has 1 aromatic heterocycles. The van der Waals surface area contributed by atoms with E-state index >= 15 is 0 Å². The Hall–Kier alpha value is -1.85. The van der Waals surface area contributed by atoms with E-state index in [9.17, 15) is 9.59 Å². The number of carboxylic acids is 1.